The number of hydrogen-bond donors (Lipinski definition) is 1. The molecule has 0 saturated carbocycles. The highest BCUT2D eigenvalue weighted by atomic mass is 16.5. The van der Waals surface area contributed by atoms with Gasteiger partial charge in [0.05, 0.1) is 6.10 Å². The second-order valence-electron chi connectivity index (χ2n) is 5.94. The molecule has 2 rings (SSSR count). The zero-order valence-electron chi connectivity index (χ0n) is 12.4. The Morgan fingerprint density at radius 2 is 2.18 bits per heavy atom. The molecule has 0 saturated heterocycles. The summed E-state index contributed by atoms with van der Waals surface area (Å²) in [7, 11) is 1.73. The molecule has 0 amide bonds. The number of rotatable bonds is 2. The molecule has 0 radical (unpaired) electrons. The molecule has 2 heteroatoms. The van der Waals surface area contributed by atoms with Gasteiger partial charge in [-0.25, -0.2) is 0 Å². The summed E-state index contributed by atoms with van der Waals surface area (Å²) in [6, 6.07) is 6.42. The lowest BCUT2D eigenvalue weighted by atomic mass is 9.84. The quantitative estimate of drug-likeness (QED) is 0.841. The first kappa shape index (κ1) is 11.1. The van der Waals surface area contributed by atoms with Crippen LogP contribution in [0, 0.1) is 5.41 Å². The average molecular weight is 234 g/mol. The number of methoxy groups -OCH3 is 1. The third-order valence-corrected chi connectivity index (χ3v) is 3.67. The first-order chi connectivity index (χ1) is 8.36. The molecule has 1 N–H and O–H groups in total. The Hall–Kier alpha value is -1.02. The van der Waals surface area contributed by atoms with Gasteiger partial charge in [-0.1, -0.05) is 32.9 Å². The molecular formula is C15H23NO. The van der Waals surface area contributed by atoms with E-state index in [2.05, 4.69) is 33.8 Å². The Balaban J connectivity index is 2.42. The van der Waals surface area contributed by atoms with Crippen molar-refractivity contribution in [3.05, 3.63) is 29.3 Å². The van der Waals surface area contributed by atoms with Crippen molar-refractivity contribution >= 4 is 5.69 Å². The molecule has 94 valence electrons. The summed E-state index contributed by atoms with van der Waals surface area (Å²) >= 11 is 0. The Labute approximate surface area is 106 Å². The van der Waals surface area contributed by atoms with E-state index in [9.17, 15) is 0 Å². The summed E-state index contributed by atoms with van der Waals surface area (Å²) < 4.78 is 13.8. The van der Waals surface area contributed by atoms with Crippen molar-refractivity contribution in [3.8, 4) is 0 Å². The maximum atomic E-state index is 8.31. The lowest BCUT2D eigenvalue weighted by Crippen LogP contribution is -2.31. The molecule has 2 unspecified atom stereocenters. The maximum absolute atomic E-state index is 8.31. The van der Waals surface area contributed by atoms with Crippen LogP contribution in [0.3, 0.4) is 0 Å². The van der Waals surface area contributed by atoms with Gasteiger partial charge in [0.1, 0.15) is 0 Å². The monoisotopic (exact) mass is 234 g/mol. The molecule has 0 spiro atoms. The highest BCUT2D eigenvalue weighted by molar-refractivity contribution is 5.60. The molecule has 0 fully saturated rings. The predicted molar refractivity (Wildman–Crippen MR) is 72.4 cm³/mol. The number of hydrogen-bond acceptors (Lipinski definition) is 2. The largest absolute Gasteiger partial charge is 0.381 e. The van der Waals surface area contributed by atoms with Gasteiger partial charge in [0.25, 0.3) is 0 Å². The lowest BCUT2D eigenvalue weighted by Gasteiger charge is -2.27. The summed E-state index contributed by atoms with van der Waals surface area (Å²) in [4.78, 5) is 0. The summed E-state index contributed by atoms with van der Waals surface area (Å²) in [5.74, 6) is 0. The van der Waals surface area contributed by atoms with Crippen molar-refractivity contribution in [2.75, 3.05) is 12.4 Å². The summed E-state index contributed by atoms with van der Waals surface area (Å²) in [5.41, 5.74) is 3.64. The standard InChI is InChI=1S/C15H23NO/c1-10(17-5)11-7-6-8-13-12(11)9-14(16-13)15(2,3)4/h6-8,10,14,16H,9H2,1-5H3/i/hD. The second-order valence-corrected chi connectivity index (χ2v) is 5.94. The van der Waals surface area contributed by atoms with Crippen LogP contribution < -0.4 is 5.31 Å². The van der Waals surface area contributed by atoms with Crippen LogP contribution >= 0.6 is 0 Å². The van der Waals surface area contributed by atoms with Crippen LogP contribution in [0.25, 0.3) is 0 Å². The van der Waals surface area contributed by atoms with Crippen LogP contribution in [0.1, 0.15) is 44.9 Å². The molecule has 2 atom stereocenters. The topological polar surface area (TPSA) is 21.3 Å². The predicted octanol–water partition coefficient (Wildman–Crippen LogP) is 3.78. The third kappa shape index (κ3) is 2.32. The Bertz CT molecular complexity index is 439. The SMILES string of the molecule is [2H]N1c2cccc(C(C)OC)c2CC1C(C)(C)C. The van der Waals surface area contributed by atoms with Crippen LogP contribution in [0.2, 0.25) is 1.41 Å². The number of benzene rings is 1. The Kier molecular flexibility index (Phi) is 2.83. The van der Waals surface area contributed by atoms with Gasteiger partial charge in [-0.05, 0) is 36.0 Å². The van der Waals surface area contributed by atoms with Gasteiger partial charge in [0.15, 0.2) is 1.41 Å². The summed E-state index contributed by atoms with van der Waals surface area (Å²) in [6.45, 7) is 8.66. The molecule has 2 nitrogen and oxygen atoms in total. The van der Waals surface area contributed by atoms with Crippen molar-refractivity contribution in [2.45, 2.75) is 46.3 Å². The van der Waals surface area contributed by atoms with E-state index in [0.29, 0.717) is 0 Å². The molecule has 1 aromatic carbocycles. The molecular weight excluding hydrogens is 210 g/mol. The van der Waals surface area contributed by atoms with Gasteiger partial charge >= 0.3 is 0 Å². The van der Waals surface area contributed by atoms with Crippen LogP contribution in [0.5, 0.6) is 0 Å². The Morgan fingerprint density at radius 1 is 1.47 bits per heavy atom. The lowest BCUT2D eigenvalue weighted by molar-refractivity contribution is 0.119. The average Bonchev–Trinajstić information content (AvgIpc) is 2.66. The van der Waals surface area contributed by atoms with E-state index < -0.39 is 0 Å². The second kappa shape index (κ2) is 4.34. The highest BCUT2D eigenvalue weighted by Crippen LogP contribution is 2.38. The smallest absolute Gasteiger partial charge is 0.160 e. The van der Waals surface area contributed by atoms with Gasteiger partial charge in [-0.3, -0.25) is 0 Å². The van der Waals surface area contributed by atoms with Gasteiger partial charge in [-0.2, -0.15) is 0 Å². The van der Waals surface area contributed by atoms with Crippen LogP contribution in [-0.4, -0.2) is 13.2 Å². The maximum Gasteiger partial charge on any atom is 0.160 e. The number of fused-ring (bicyclic) bond motifs is 1. The number of anilines is 1. The van der Waals surface area contributed by atoms with E-state index in [1.54, 1.807) is 12.4 Å². The first-order valence-electron chi connectivity index (χ1n) is 6.73. The van der Waals surface area contributed by atoms with Crippen LogP contribution in [0.15, 0.2) is 18.2 Å². The first-order valence-corrected chi connectivity index (χ1v) is 6.29. The van der Waals surface area contributed by atoms with Crippen LogP contribution in [0.4, 0.5) is 5.69 Å². The van der Waals surface area contributed by atoms with Gasteiger partial charge in [0, 0.05) is 18.8 Å². The minimum atomic E-state index is 0.0899. The van der Waals surface area contributed by atoms with Crippen molar-refractivity contribution in [2.24, 2.45) is 5.41 Å². The summed E-state index contributed by atoms with van der Waals surface area (Å²) in [5, 5.41) is 1.68. The van der Waals surface area contributed by atoms with E-state index in [4.69, 9.17) is 6.15 Å². The van der Waals surface area contributed by atoms with Crippen molar-refractivity contribution < 1.29 is 6.15 Å². The van der Waals surface area contributed by atoms with Gasteiger partial charge in [0.2, 0.25) is 0 Å². The van der Waals surface area contributed by atoms with Gasteiger partial charge < -0.3 is 10.0 Å². The number of nitrogens with one attached hydrogen (secondary N) is 1. The molecule has 0 aliphatic carbocycles. The van der Waals surface area contributed by atoms with Crippen molar-refractivity contribution in [1.29, 1.82) is 0 Å². The van der Waals surface area contributed by atoms with E-state index in [-0.39, 0.29) is 17.6 Å². The molecule has 17 heavy (non-hydrogen) atoms. The fourth-order valence-corrected chi connectivity index (χ4v) is 2.35. The number of ether oxygens (including phenoxy) is 1. The van der Waals surface area contributed by atoms with Gasteiger partial charge in [-0.15, -0.1) is 0 Å². The molecule has 1 heterocycles. The van der Waals surface area contributed by atoms with Crippen LogP contribution in [-0.2, 0) is 11.2 Å². The fourth-order valence-electron chi connectivity index (χ4n) is 2.35. The minimum absolute atomic E-state index is 0.0899. The molecule has 1 aromatic rings. The molecule has 0 aromatic heterocycles. The fraction of sp³-hybridized carbons (Fsp3) is 0.600. The Morgan fingerprint density at radius 3 is 2.76 bits per heavy atom. The van der Waals surface area contributed by atoms with Crippen molar-refractivity contribution in [3.63, 3.8) is 0 Å². The van der Waals surface area contributed by atoms with E-state index in [1.165, 1.54) is 11.1 Å². The van der Waals surface area contributed by atoms with Crippen molar-refractivity contribution in [1.82, 2.24) is 0 Å². The highest BCUT2D eigenvalue weighted by Gasteiger charge is 2.32. The van der Waals surface area contributed by atoms with E-state index in [1.807, 2.05) is 12.1 Å². The summed E-state index contributed by atoms with van der Waals surface area (Å²) in [6.07, 6.45) is 1.03. The molecule has 1 aliphatic heterocycles. The molecule has 1 aliphatic rings. The van der Waals surface area contributed by atoms with E-state index in [0.717, 1.165) is 12.1 Å². The minimum Gasteiger partial charge on any atom is -0.381 e. The van der Waals surface area contributed by atoms with E-state index >= 15 is 0 Å². The zero-order valence-corrected chi connectivity index (χ0v) is 11.4. The normalized spacial score (nSPS) is 22.3. The zero-order chi connectivity index (χ0) is 13.5. The third-order valence-electron chi connectivity index (χ3n) is 3.67. The molecule has 0 bridgehead atoms.